The fourth-order valence-corrected chi connectivity index (χ4v) is 3.53. The van der Waals surface area contributed by atoms with Gasteiger partial charge in [0.25, 0.3) is 6.02 Å². The van der Waals surface area contributed by atoms with Gasteiger partial charge >= 0.3 is 5.92 Å². The zero-order valence-electron chi connectivity index (χ0n) is 15.5. The van der Waals surface area contributed by atoms with Crippen LogP contribution < -0.4 is 11.1 Å². The third kappa shape index (κ3) is 3.11. The highest BCUT2D eigenvalue weighted by Gasteiger charge is 2.56. The van der Waals surface area contributed by atoms with Crippen molar-refractivity contribution in [2.45, 2.75) is 24.9 Å². The molecule has 4 rings (SSSR count). The zero-order chi connectivity index (χ0) is 21.7. The molecule has 3 N–H and O–H groups in total. The van der Waals surface area contributed by atoms with Gasteiger partial charge in [-0.3, -0.25) is 9.98 Å². The Morgan fingerprint density at radius 3 is 2.80 bits per heavy atom. The molecule has 7 nitrogen and oxygen atoms in total. The van der Waals surface area contributed by atoms with Crippen LogP contribution in [0.3, 0.4) is 0 Å². The van der Waals surface area contributed by atoms with Gasteiger partial charge in [-0.2, -0.15) is 14.0 Å². The molecule has 1 aromatic heterocycles. The molecule has 0 fully saturated rings. The smallest absolute Gasteiger partial charge is 0.310 e. The second-order valence-corrected chi connectivity index (χ2v) is 7.37. The number of nitrogens with zero attached hydrogens (tertiary/aromatic N) is 4. The van der Waals surface area contributed by atoms with Gasteiger partial charge in [-0.15, -0.1) is 0 Å². The second-order valence-electron chi connectivity index (χ2n) is 6.96. The number of aliphatic imine (C=N–C) groups is 2. The normalized spacial score (nSPS) is 22.0. The van der Waals surface area contributed by atoms with Gasteiger partial charge in [0.1, 0.15) is 17.6 Å². The van der Waals surface area contributed by atoms with Crippen molar-refractivity contribution < 1.29 is 17.9 Å². The molecule has 1 unspecified atom stereocenters. The van der Waals surface area contributed by atoms with E-state index in [4.69, 9.17) is 22.6 Å². The van der Waals surface area contributed by atoms with E-state index >= 15 is 0 Å². The minimum Gasteiger partial charge on any atom is -0.459 e. The number of hydrogen-bond donors (Lipinski definition) is 2. The predicted octanol–water partition coefficient (Wildman–Crippen LogP) is 3.31. The monoisotopic (exact) mass is 434 g/mol. The molecule has 0 spiro atoms. The SMILES string of the molecule is CC1(c2cc3c(cc2F)CN=C(c2ncc(C#N)cc2Cl)N3)N=C(N)OCC1(F)F. The summed E-state index contributed by atoms with van der Waals surface area (Å²) in [5, 5.41) is 12.1. The van der Waals surface area contributed by atoms with Crippen molar-refractivity contribution >= 4 is 29.1 Å². The summed E-state index contributed by atoms with van der Waals surface area (Å²) in [4.78, 5) is 12.1. The van der Waals surface area contributed by atoms with E-state index in [1.54, 1.807) is 0 Å². The number of aromatic nitrogens is 1. The van der Waals surface area contributed by atoms with Crippen LogP contribution in [0.2, 0.25) is 5.02 Å². The summed E-state index contributed by atoms with van der Waals surface area (Å²) in [6.45, 7) is 0.165. The fraction of sp³-hybridized carbons (Fsp3) is 0.263. The summed E-state index contributed by atoms with van der Waals surface area (Å²) >= 11 is 6.18. The minimum absolute atomic E-state index is 0.0779. The van der Waals surface area contributed by atoms with Gasteiger partial charge in [-0.25, -0.2) is 9.38 Å². The first-order chi connectivity index (χ1) is 14.1. The number of hydrogen-bond acceptors (Lipinski definition) is 7. The van der Waals surface area contributed by atoms with E-state index in [9.17, 15) is 13.2 Å². The van der Waals surface area contributed by atoms with Crippen molar-refractivity contribution in [2.24, 2.45) is 15.7 Å². The Morgan fingerprint density at radius 1 is 1.33 bits per heavy atom. The first-order valence-corrected chi connectivity index (χ1v) is 9.09. The first kappa shape index (κ1) is 20.0. The number of ether oxygens (including phenoxy) is 1. The summed E-state index contributed by atoms with van der Waals surface area (Å²) in [5.41, 5.74) is 4.25. The molecule has 154 valence electrons. The molecule has 0 bridgehead atoms. The maximum absolute atomic E-state index is 14.8. The lowest BCUT2D eigenvalue weighted by atomic mass is 9.84. The van der Waals surface area contributed by atoms with Gasteiger partial charge in [0, 0.05) is 23.0 Å². The Morgan fingerprint density at radius 2 is 2.10 bits per heavy atom. The Balaban J connectivity index is 1.76. The van der Waals surface area contributed by atoms with Crippen LogP contribution in [0.25, 0.3) is 0 Å². The fourth-order valence-electron chi connectivity index (χ4n) is 3.27. The van der Waals surface area contributed by atoms with Crippen molar-refractivity contribution in [1.82, 2.24) is 4.98 Å². The number of halogens is 4. The molecule has 2 aliphatic heterocycles. The molecule has 0 saturated heterocycles. The highest BCUT2D eigenvalue weighted by molar-refractivity contribution is 6.34. The van der Waals surface area contributed by atoms with E-state index in [1.807, 2.05) is 6.07 Å². The van der Waals surface area contributed by atoms with Crippen LogP contribution >= 0.6 is 11.6 Å². The molecule has 11 heteroatoms. The van der Waals surface area contributed by atoms with Crippen molar-refractivity contribution in [3.63, 3.8) is 0 Å². The number of anilines is 1. The number of pyridine rings is 1. The van der Waals surface area contributed by atoms with Crippen LogP contribution in [0.4, 0.5) is 18.9 Å². The van der Waals surface area contributed by atoms with Gasteiger partial charge in [0.15, 0.2) is 18.0 Å². The standard InChI is InChI=1S/C19H14ClF3N6O/c1-18(19(22,23)8-30-17(25)29-18)11-4-14-10(3-13(11)21)7-27-16(28-14)15-12(20)2-9(5-24)6-26-15/h2-4,6H,7-8H2,1H3,(H2,25,29)(H,27,28). The Bertz CT molecular complexity index is 1160. The number of nitrogens with one attached hydrogen (secondary N) is 1. The average molecular weight is 435 g/mol. The summed E-state index contributed by atoms with van der Waals surface area (Å²) < 4.78 is 48.7. The number of nitriles is 1. The van der Waals surface area contributed by atoms with Gasteiger partial charge in [0.05, 0.1) is 17.1 Å². The summed E-state index contributed by atoms with van der Waals surface area (Å²) in [6, 6.07) is 5.31. The Labute approximate surface area is 174 Å². The van der Waals surface area contributed by atoms with Crippen LogP contribution in [0, 0.1) is 17.1 Å². The van der Waals surface area contributed by atoms with Gasteiger partial charge in [-0.05, 0) is 25.1 Å². The van der Waals surface area contributed by atoms with Crippen molar-refractivity contribution in [2.75, 3.05) is 11.9 Å². The molecule has 3 heterocycles. The highest BCUT2D eigenvalue weighted by Crippen LogP contribution is 2.45. The maximum atomic E-state index is 14.8. The average Bonchev–Trinajstić information content (AvgIpc) is 2.70. The molecule has 0 aliphatic carbocycles. The molecule has 1 aromatic carbocycles. The van der Waals surface area contributed by atoms with Crippen LogP contribution in [-0.4, -0.2) is 29.4 Å². The summed E-state index contributed by atoms with van der Waals surface area (Å²) in [7, 11) is 0. The number of fused-ring (bicyclic) bond motifs is 1. The number of nitrogens with two attached hydrogens (primary N) is 1. The van der Waals surface area contributed by atoms with Crippen LogP contribution in [0.1, 0.15) is 29.3 Å². The molecule has 0 saturated carbocycles. The predicted molar refractivity (Wildman–Crippen MR) is 104 cm³/mol. The molecule has 2 aromatic rings. The number of rotatable bonds is 2. The van der Waals surface area contributed by atoms with Crippen LogP contribution in [0.5, 0.6) is 0 Å². The van der Waals surface area contributed by atoms with E-state index in [2.05, 4.69) is 25.0 Å². The lowest BCUT2D eigenvalue weighted by Crippen LogP contribution is -2.51. The first-order valence-electron chi connectivity index (χ1n) is 8.71. The topological polar surface area (TPSA) is 109 Å². The molecular weight excluding hydrogens is 421 g/mol. The highest BCUT2D eigenvalue weighted by atomic mass is 35.5. The van der Waals surface area contributed by atoms with E-state index in [0.29, 0.717) is 11.3 Å². The van der Waals surface area contributed by atoms with Gasteiger partial charge < -0.3 is 15.8 Å². The minimum atomic E-state index is -3.49. The van der Waals surface area contributed by atoms with Crippen LogP contribution in [-0.2, 0) is 16.8 Å². The van der Waals surface area contributed by atoms with Crippen LogP contribution in [0.15, 0.2) is 34.4 Å². The molecule has 0 radical (unpaired) electrons. The number of alkyl halides is 2. The van der Waals surface area contributed by atoms with Crippen molar-refractivity contribution in [3.8, 4) is 6.07 Å². The molecule has 2 aliphatic rings. The lowest BCUT2D eigenvalue weighted by Gasteiger charge is -2.38. The lowest BCUT2D eigenvalue weighted by molar-refractivity contribution is -0.117. The van der Waals surface area contributed by atoms with Crippen molar-refractivity contribution in [1.29, 1.82) is 5.26 Å². The third-order valence-electron chi connectivity index (χ3n) is 5.02. The second kappa shape index (κ2) is 6.88. The quantitative estimate of drug-likeness (QED) is 0.753. The molecule has 0 amide bonds. The summed E-state index contributed by atoms with van der Waals surface area (Å²) in [6.07, 6.45) is 1.33. The van der Waals surface area contributed by atoms with E-state index in [-0.39, 0.29) is 34.2 Å². The van der Waals surface area contributed by atoms with E-state index in [1.165, 1.54) is 18.3 Å². The third-order valence-corrected chi connectivity index (χ3v) is 5.31. The van der Waals surface area contributed by atoms with E-state index < -0.39 is 29.9 Å². The number of benzene rings is 1. The molecule has 30 heavy (non-hydrogen) atoms. The maximum Gasteiger partial charge on any atom is 0.310 e. The van der Waals surface area contributed by atoms with E-state index in [0.717, 1.165) is 13.0 Å². The number of amidine groups is 2. The Kier molecular flexibility index (Phi) is 4.58. The largest absolute Gasteiger partial charge is 0.459 e. The summed E-state index contributed by atoms with van der Waals surface area (Å²) in [5.74, 6) is -4.08. The van der Waals surface area contributed by atoms with Gasteiger partial charge in [0.2, 0.25) is 0 Å². The Hall–Kier alpha value is -3.32. The van der Waals surface area contributed by atoms with Crippen molar-refractivity contribution in [3.05, 3.63) is 57.6 Å². The zero-order valence-corrected chi connectivity index (χ0v) is 16.3. The molecular formula is C19H14ClF3N6O. The molecule has 1 atom stereocenters. The van der Waals surface area contributed by atoms with Gasteiger partial charge in [-0.1, -0.05) is 11.6 Å².